The monoisotopic (exact) mass is 407 g/mol. The number of halogens is 3. The Kier molecular flexibility index (Phi) is 3.77. The predicted octanol–water partition coefficient (Wildman–Crippen LogP) is 4.60. The van der Waals surface area contributed by atoms with Gasteiger partial charge in [-0.2, -0.15) is 0 Å². The van der Waals surface area contributed by atoms with Crippen molar-refractivity contribution in [2.75, 3.05) is 0 Å². The minimum absolute atomic E-state index is 0.289. The third-order valence-electron chi connectivity index (χ3n) is 2.23. The van der Waals surface area contributed by atoms with Crippen LogP contribution in [0.4, 0.5) is 0 Å². The molecule has 2 nitrogen and oxygen atoms in total. The number of phenolic OH excluding ortho intramolecular Hbond substituents is 1. The van der Waals surface area contributed by atoms with Crippen molar-refractivity contribution in [2.45, 2.75) is 6.42 Å². The van der Waals surface area contributed by atoms with E-state index in [1.54, 1.807) is 12.1 Å². The van der Waals surface area contributed by atoms with Crippen LogP contribution in [0, 0.1) is 0 Å². The van der Waals surface area contributed by atoms with Gasteiger partial charge in [0.15, 0.2) is 0 Å². The van der Waals surface area contributed by atoms with Crippen molar-refractivity contribution in [3.63, 3.8) is 0 Å². The highest BCUT2D eigenvalue weighted by Gasteiger charge is 2.11. The molecule has 5 heteroatoms. The van der Waals surface area contributed by atoms with E-state index < -0.39 is 0 Å². The van der Waals surface area contributed by atoms with Gasteiger partial charge in [-0.05, 0) is 65.5 Å². The van der Waals surface area contributed by atoms with Gasteiger partial charge in [-0.1, -0.05) is 12.1 Å². The summed E-state index contributed by atoms with van der Waals surface area (Å²) in [5, 5.41) is 9.19. The lowest BCUT2D eigenvalue weighted by molar-refractivity contribution is 0.475. The number of aromatic hydroxyl groups is 1. The molecule has 0 aliphatic rings. The van der Waals surface area contributed by atoms with Gasteiger partial charge < -0.3 is 10.1 Å². The number of aromatic nitrogens is 1. The van der Waals surface area contributed by atoms with E-state index in [0.717, 1.165) is 31.2 Å². The quantitative estimate of drug-likeness (QED) is 0.747. The molecule has 1 aromatic heterocycles. The zero-order valence-corrected chi connectivity index (χ0v) is 12.9. The maximum absolute atomic E-state index is 9.19. The molecule has 0 aliphatic carbocycles. The Balaban J connectivity index is 2.27. The van der Waals surface area contributed by atoms with Gasteiger partial charge in [-0.25, -0.2) is 0 Å². The van der Waals surface area contributed by atoms with Gasteiger partial charge in [0.1, 0.15) is 5.75 Å². The van der Waals surface area contributed by atoms with Crippen LogP contribution in [0.25, 0.3) is 0 Å². The summed E-state index contributed by atoms with van der Waals surface area (Å²) in [5.41, 5.74) is 2.23. The summed E-state index contributed by atoms with van der Waals surface area (Å²) in [6.45, 7) is 0. The smallest absolute Gasteiger partial charge is 0.115 e. The molecule has 0 aliphatic heterocycles. The van der Waals surface area contributed by atoms with Gasteiger partial charge in [-0.15, -0.1) is 0 Å². The van der Waals surface area contributed by atoms with E-state index in [9.17, 15) is 5.11 Å². The number of benzene rings is 1. The molecule has 0 radical (unpaired) electrons. The lowest BCUT2D eigenvalue weighted by Crippen LogP contribution is -1.88. The molecule has 0 saturated carbocycles. The highest BCUT2D eigenvalue weighted by atomic mass is 79.9. The normalized spacial score (nSPS) is 10.7. The average Bonchev–Trinajstić information content (AvgIpc) is 2.50. The molecule has 84 valence electrons. The summed E-state index contributed by atoms with van der Waals surface area (Å²) < 4.78 is 2.93. The second-order valence-corrected chi connectivity index (χ2v) is 5.77. The highest BCUT2D eigenvalue weighted by molar-refractivity contribution is 9.14. The fourth-order valence-electron chi connectivity index (χ4n) is 1.41. The van der Waals surface area contributed by atoms with Gasteiger partial charge in [0, 0.05) is 12.1 Å². The summed E-state index contributed by atoms with van der Waals surface area (Å²) in [5.74, 6) is 0.289. The second-order valence-electron chi connectivity index (χ2n) is 3.39. The zero-order valence-electron chi connectivity index (χ0n) is 8.10. The van der Waals surface area contributed by atoms with Crippen molar-refractivity contribution < 1.29 is 5.11 Å². The highest BCUT2D eigenvalue weighted by Crippen LogP contribution is 2.34. The first-order valence-corrected chi connectivity index (χ1v) is 6.95. The molecule has 0 atom stereocenters. The number of H-pyrrole nitrogens is 1. The topological polar surface area (TPSA) is 36.0 Å². The standard InChI is InChI=1S/C11H8Br3NO/c12-9-8(15-11(14)10(9)13)5-6-1-3-7(16)4-2-6/h1-4,15-16H,5H2. The van der Waals surface area contributed by atoms with E-state index in [1.807, 2.05) is 12.1 Å². The summed E-state index contributed by atoms with van der Waals surface area (Å²) >= 11 is 10.4. The first kappa shape index (κ1) is 12.2. The number of phenols is 1. The lowest BCUT2D eigenvalue weighted by atomic mass is 10.1. The van der Waals surface area contributed by atoms with Crippen LogP contribution >= 0.6 is 47.8 Å². The van der Waals surface area contributed by atoms with Crippen molar-refractivity contribution in [3.05, 3.63) is 49.1 Å². The van der Waals surface area contributed by atoms with Gasteiger partial charge >= 0.3 is 0 Å². The van der Waals surface area contributed by atoms with Gasteiger partial charge in [0.05, 0.1) is 13.5 Å². The SMILES string of the molecule is Oc1ccc(Cc2[nH]c(Br)c(Br)c2Br)cc1. The van der Waals surface area contributed by atoms with Crippen molar-refractivity contribution in [1.29, 1.82) is 0 Å². The molecule has 1 heterocycles. The molecule has 0 unspecified atom stereocenters. The Labute approximate surface area is 118 Å². The number of hydrogen-bond donors (Lipinski definition) is 2. The van der Waals surface area contributed by atoms with E-state index in [1.165, 1.54) is 0 Å². The third kappa shape index (κ3) is 2.52. The van der Waals surface area contributed by atoms with Crippen molar-refractivity contribution in [2.24, 2.45) is 0 Å². The van der Waals surface area contributed by atoms with E-state index in [0.29, 0.717) is 0 Å². The molecule has 0 fully saturated rings. The lowest BCUT2D eigenvalue weighted by Gasteiger charge is -2.00. The Morgan fingerprint density at radius 2 is 1.62 bits per heavy atom. The molecule has 0 spiro atoms. The molecule has 2 N–H and O–H groups in total. The summed E-state index contributed by atoms with van der Waals surface area (Å²) in [7, 11) is 0. The van der Waals surface area contributed by atoms with Crippen molar-refractivity contribution in [1.82, 2.24) is 4.98 Å². The fourth-order valence-corrected chi connectivity index (χ4v) is 2.89. The maximum atomic E-state index is 9.19. The van der Waals surface area contributed by atoms with Crippen LogP contribution in [-0.4, -0.2) is 10.1 Å². The molecule has 0 amide bonds. The second kappa shape index (κ2) is 4.94. The van der Waals surface area contributed by atoms with Crippen molar-refractivity contribution in [3.8, 4) is 5.75 Å². The first-order valence-electron chi connectivity index (χ1n) is 4.57. The van der Waals surface area contributed by atoms with Gasteiger partial charge in [-0.3, -0.25) is 0 Å². The van der Waals surface area contributed by atoms with E-state index >= 15 is 0 Å². The Bertz CT molecular complexity index is 505. The van der Waals surface area contributed by atoms with Gasteiger partial charge in [0.2, 0.25) is 0 Å². The Hall–Kier alpha value is -0.260. The molecule has 0 saturated heterocycles. The molecule has 0 bridgehead atoms. The minimum Gasteiger partial charge on any atom is -0.508 e. The zero-order chi connectivity index (χ0) is 11.7. The van der Waals surface area contributed by atoms with E-state index in [2.05, 4.69) is 52.8 Å². The molecular weight excluding hydrogens is 402 g/mol. The van der Waals surface area contributed by atoms with E-state index in [4.69, 9.17) is 0 Å². The molecule has 2 aromatic rings. The minimum atomic E-state index is 0.289. The predicted molar refractivity (Wildman–Crippen MR) is 74.8 cm³/mol. The maximum Gasteiger partial charge on any atom is 0.115 e. The molecule has 1 aromatic carbocycles. The third-order valence-corrected chi connectivity index (χ3v) is 5.56. The Morgan fingerprint density at radius 1 is 1.00 bits per heavy atom. The van der Waals surface area contributed by atoms with Crippen LogP contribution in [0.5, 0.6) is 5.75 Å². The molecule has 16 heavy (non-hydrogen) atoms. The summed E-state index contributed by atoms with van der Waals surface area (Å²) in [4.78, 5) is 3.24. The van der Waals surface area contributed by atoms with Gasteiger partial charge in [0.25, 0.3) is 0 Å². The average molecular weight is 410 g/mol. The number of hydrogen-bond acceptors (Lipinski definition) is 1. The van der Waals surface area contributed by atoms with Crippen LogP contribution in [0.3, 0.4) is 0 Å². The van der Waals surface area contributed by atoms with Crippen LogP contribution in [0.2, 0.25) is 0 Å². The van der Waals surface area contributed by atoms with Crippen LogP contribution in [-0.2, 0) is 6.42 Å². The largest absolute Gasteiger partial charge is 0.508 e. The number of nitrogens with one attached hydrogen (secondary N) is 1. The molecular formula is C11H8Br3NO. The van der Waals surface area contributed by atoms with Crippen LogP contribution < -0.4 is 0 Å². The van der Waals surface area contributed by atoms with Crippen LogP contribution in [0.1, 0.15) is 11.3 Å². The fraction of sp³-hybridized carbons (Fsp3) is 0.0909. The Morgan fingerprint density at radius 3 is 2.12 bits per heavy atom. The summed E-state index contributed by atoms with van der Waals surface area (Å²) in [6, 6.07) is 7.20. The van der Waals surface area contributed by atoms with Crippen LogP contribution in [0.15, 0.2) is 37.8 Å². The summed E-state index contributed by atoms with van der Waals surface area (Å²) in [6.07, 6.45) is 0.783. The van der Waals surface area contributed by atoms with E-state index in [-0.39, 0.29) is 5.75 Å². The molecule has 2 rings (SSSR count). The number of rotatable bonds is 2. The number of aromatic amines is 1. The van der Waals surface area contributed by atoms with Crippen molar-refractivity contribution >= 4 is 47.8 Å². The first-order chi connectivity index (χ1) is 7.58.